The lowest BCUT2D eigenvalue weighted by Gasteiger charge is -2.18. The van der Waals surface area contributed by atoms with Crippen molar-refractivity contribution in [2.75, 3.05) is 0 Å². The molecule has 1 atom stereocenters. The molecule has 2 aromatic rings. The Bertz CT molecular complexity index is 628. The highest BCUT2D eigenvalue weighted by atomic mass is 79.9. The SMILES string of the molecule is Cc1cc(C(N)c2ccc(F)cc2Cl)c(C)cc1Br. The van der Waals surface area contributed by atoms with E-state index in [0.29, 0.717) is 5.02 Å². The Hall–Kier alpha value is -0.900. The zero-order valence-electron chi connectivity index (χ0n) is 10.7. The summed E-state index contributed by atoms with van der Waals surface area (Å²) in [5.74, 6) is -0.357. The molecule has 0 aliphatic rings. The second-order valence-corrected chi connectivity index (χ2v) is 5.86. The van der Waals surface area contributed by atoms with Crippen LogP contribution in [0.3, 0.4) is 0 Å². The van der Waals surface area contributed by atoms with Crippen molar-refractivity contribution in [3.05, 3.63) is 67.9 Å². The molecule has 2 N–H and O–H groups in total. The Morgan fingerprint density at radius 1 is 1.11 bits per heavy atom. The van der Waals surface area contributed by atoms with Crippen LogP contribution in [0.5, 0.6) is 0 Å². The van der Waals surface area contributed by atoms with Crippen LogP contribution >= 0.6 is 27.5 Å². The highest BCUT2D eigenvalue weighted by molar-refractivity contribution is 9.10. The van der Waals surface area contributed by atoms with Gasteiger partial charge in [-0.25, -0.2) is 4.39 Å². The van der Waals surface area contributed by atoms with E-state index in [0.717, 1.165) is 26.7 Å². The van der Waals surface area contributed by atoms with Crippen molar-refractivity contribution in [1.29, 1.82) is 0 Å². The Morgan fingerprint density at radius 3 is 2.42 bits per heavy atom. The van der Waals surface area contributed by atoms with Crippen molar-refractivity contribution in [2.24, 2.45) is 5.73 Å². The molecule has 2 rings (SSSR count). The standard InChI is InChI=1S/C15H14BrClFN/c1-8-6-13(16)9(2)5-12(8)15(19)11-4-3-10(18)7-14(11)17/h3-7,15H,19H2,1-2H3. The Labute approximate surface area is 125 Å². The van der Waals surface area contributed by atoms with Gasteiger partial charge in [-0.1, -0.05) is 39.7 Å². The summed E-state index contributed by atoms with van der Waals surface area (Å²) < 4.78 is 14.1. The third-order valence-electron chi connectivity index (χ3n) is 3.18. The maximum atomic E-state index is 13.1. The van der Waals surface area contributed by atoms with Gasteiger partial charge >= 0.3 is 0 Å². The van der Waals surface area contributed by atoms with E-state index < -0.39 is 0 Å². The molecular formula is C15H14BrClFN. The number of aryl methyl sites for hydroxylation is 2. The van der Waals surface area contributed by atoms with Gasteiger partial charge in [-0.2, -0.15) is 0 Å². The molecular weight excluding hydrogens is 329 g/mol. The van der Waals surface area contributed by atoms with E-state index in [9.17, 15) is 4.39 Å². The smallest absolute Gasteiger partial charge is 0.124 e. The number of benzene rings is 2. The Kier molecular flexibility index (Phi) is 4.29. The number of hydrogen-bond donors (Lipinski definition) is 1. The van der Waals surface area contributed by atoms with Gasteiger partial charge in [0.05, 0.1) is 6.04 Å². The average molecular weight is 343 g/mol. The second kappa shape index (κ2) is 5.61. The predicted molar refractivity (Wildman–Crippen MR) is 81.1 cm³/mol. The van der Waals surface area contributed by atoms with E-state index in [4.69, 9.17) is 17.3 Å². The summed E-state index contributed by atoms with van der Waals surface area (Å²) in [6.07, 6.45) is 0. The predicted octanol–water partition coefficient (Wildman–Crippen LogP) is 4.91. The van der Waals surface area contributed by atoms with Crippen molar-refractivity contribution in [1.82, 2.24) is 0 Å². The molecule has 1 nitrogen and oxygen atoms in total. The first-order chi connectivity index (χ1) is 8.90. The molecule has 1 unspecified atom stereocenters. The van der Waals surface area contributed by atoms with Gasteiger partial charge < -0.3 is 5.73 Å². The molecule has 0 bridgehead atoms. The van der Waals surface area contributed by atoms with Crippen LogP contribution in [-0.2, 0) is 0 Å². The molecule has 19 heavy (non-hydrogen) atoms. The molecule has 0 fully saturated rings. The topological polar surface area (TPSA) is 26.0 Å². The van der Waals surface area contributed by atoms with Gasteiger partial charge in [0.15, 0.2) is 0 Å². The minimum absolute atomic E-state index is 0.354. The van der Waals surface area contributed by atoms with Gasteiger partial charge in [-0.3, -0.25) is 0 Å². The fraction of sp³-hybridized carbons (Fsp3) is 0.200. The molecule has 0 aromatic heterocycles. The number of nitrogens with two attached hydrogens (primary N) is 1. The normalized spacial score (nSPS) is 12.5. The van der Waals surface area contributed by atoms with Crippen molar-refractivity contribution in [3.63, 3.8) is 0 Å². The van der Waals surface area contributed by atoms with E-state index in [1.807, 2.05) is 26.0 Å². The van der Waals surface area contributed by atoms with Gasteiger partial charge in [0.2, 0.25) is 0 Å². The molecule has 0 aliphatic heterocycles. The van der Waals surface area contributed by atoms with E-state index >= 15 is 0 Å². The van der Waals surface area contributed by atoms with Gasteiger partial charge in [0.25, 0.3) is 0 Å². The van der Waals surface area contributed by atoms with Crippen molar-refractivity contribution in [3.8, 4) is 0 Å². The van der Waals surface area contributed by atoms with Gasteiger partial charge in [-0.15, -0.1) is 0 Å². The van der Waals surface area contributed by atoms with Crippen molar-refractivity contribution >= 4 is 27.5 Å². The van der Waals surface area contributed by atoms with Crippen LogP contribution in [0, 0.1) is 19.7 Å². The zero-order chi connectivity index (χ0) is 14.2. The van der Waals surface area contributed by atoms with E-state index in [2.05, 4.69) is 15.9 Å². The lowest BCUT2D eigenvalue weighted by Crippen LogP contribution is -2.14. The van der Waals surface area contributed by atoms with Gasteiger partial charge in [0, 0.05) is 9.50 Å². The summed E-state index contributed by atoms with van der Waals surface area (Å²) in [5.41, 5.74) is 10.2. The molecule has 0 aliphatic carbocycles. The molecule has 4 heteroatoms. The lowest BCUT2D eigenvalue weighted by molar-refractivity contribution is 0.626. The maximum absolute atomic E-state index is 13.1. The first-order valence-electron chi connectivity index (χ1n) is 5.87. The summed E-state index contributed by atoms with van der Waals surface area (Å²) in [5, 5.41) is 0.354. The number of hydrogen-bond acceptors (Lipinski definition) is 1. The molecule has 0 heterocycles. The van der Waals surface area contributed by atoms with Crippen molar-refractivity contribution < 1.29 is 4.39 Å². The molecule has 0 amide bonds. The third kappa shape index (κ3) is 2.99. The van der Waals surface area contributed by atoms with Crippen LogP contribution in [0.4, 0.5) is 4.39 Å². The largest absolute Gasteiger partial charge is 0.320 e. The summed E-state index contributed by atoms with van der Waals surface area (Å²) in [6.45, 7) is 4.00. The van der Waals surface area contributed by atoms with Crippen molar-refractivity contribution in [2.45, 2.75) is 19.9 Å². The first-order valence-corrected chi connectivity index (χ1v) is 7.04. The molecule has 0 radical (unpaired) electrons. The fourth-order valence-corrected chi connectivity index (χ4v) is 2.80. The number of rotatable bonds is 2. The Morgan fingerprint density at radius 2 is 1.79 bits per heavy atom. The monoisotopic (exact) mass is 341 g/mol. The Balaban J connectivity index is 2.49. The van der Waals surface area contributed by atoms with Gasteiger partial charge in [0.1, 0.15) is 5.82 Å². The summed E-state index contributed by atoms with van der Waals surface area (Å²) in [7, 11) is 0. The molecule has 2 aromatic carbocycles. The fourth-order valence-electron chi connectivity index (χ4n) is 2.06. The quantitative estimate of drug-likeness (QED) is 0.825. The minimum atomic E-state index is -0.361. The lowest BCUT2D eigenvalue weighted by atomic mass is 9.94. The average Bonchev–Trinajstić information content (AvgIpc) is 2.33. The van der Waals surface area contributed by atoms with Gasteiger partial charge in [-0.05, 0) is 54.3 Å². The molecule has 0 spiro atoms. The zero-order valence-corrected chi connectivity index (χ0v) is 13.0. The summed E-state index contributed by atoms with van der Waals surface area (Å²) >= 11 is 9.56. The van der Waals surface area contributed by atoms with Crippen LogP contribution < -0.4 is 5.73 Å². The van der Waals surface area contributed by atoms with E-state index in [1.54, 1.807) is 6.07 Å². The first kappa shape index (κ1) is 14.5. The van der Waals surface area contributed by atoms with E-state index in [1.165, 1.54) is 12.1 Å². The maximum Gasteiger partial charge on any atom is 0.124 e. The van der Waals surface area contributed by atoms with E-state index in [-0.39, 0.29) is 11.9 Å². The van der Waals surface area contributed by atoms with Crippen LogP contribution in [0.2, 0.25) is 5.02 Å². The van der Waals surface area contributed by atoms with Crippen LogP contribution in [-0.4, -0.2) is 0 Å². The molecule has 100 valence electrons. The molecule has 0 saturated heterocycles. The summed E-state index contributed by atoms with van der Waals surface area (Å²) in [6, 6.07) is 8.00. The molecule has 0 saturated carbocycles. The minimum Gasteiger partial charge on any atom is -0.320 e. The van der Waals surface area contributed by atoms with Crippen LogP contribution in [0.15, 0.2) is 34.8 Å². The number of halogens is 3. The van der Waals surface area contributed by atoms with Crippen LogP contribution in [0.25, 0.3) is 0 Å². The van der Waals surface area contributed by atoms with Crippen LogP contribution in [0.1, 0.15) is 28.3 Å². The third-order valence-corrected chi connectivity index (χ3v) is 4.36. The highest BCUT2D eigenvalue weighted by Crippen LogP contribution is 2.31. The second-order valence-electron chi connectivity index (χ2n) is 4.60. The highest BCUT2D eigenvalue weighted by Gasteiger charge is 2.16. The summed E-state index contributed by atoms with van der Waals surface area (Å²) in [4.78, 5) is 0.